The lowest BCUT2D eigenvalue weighted by atomic mass is 10.1. The average Bonchev–Trinajstić information content (AvgIpc) is 2.48. The van der Waals surface area contributed by atoms with Crippen LogP contribution in [0.2, 0.25) is 0 Å². The number of amidine groups is 1. The number of ether oxygens (including phenoxy) is 1. The molecule has 21 heavy (non-hydrogen) atoms. The number of rotatable bonds is 6. The van der Waals surface area contributed by atoms with E-state index in [0.29, 0.717) is 24.3 Å². The van der Waals surface area contributed by atoms with E-state index in [0.717, 1.165) is 25.9 Å². The number of hydrogen-bond donors (Lipinski definition) is 3. The van der Waals surface area contributed by atoms with Gasteiger partial charge in [0.25, 0.3) is 0 Å². The fraction of sp³-hybridized carbons (Fsp3) is 0.533. The Balaban J connectivity index is 1.87. The molecule has 0 amide bonds. The minimum atomic E-state index is -0.318. The SMILES string of the molecule is N=C(N)c1ccc(CN2CCC(OCCO)CC2)c(F)c1. The molecular formula is C15H22FN3O2. The standard InChI is InChI=1S/C15H22FN3O2/c16-14-9-11(15(17)18)1-2-12(14)10-19-5-3-13(4-6-19)21-8-7-20/h1-2,9,13,20H,3-8,10H2,(H3,17,18). The molecule has 1 fully saturated rings. The second-order valence-corrected chi connectivity index (χ2v) is 5.29. The number of nitrogen functional groups attached to an aromatic ring is 1. The van der Waals surface area contributed by atoms with Gasteiger partial charge in [-0.05, 0) is 18.9 Å². The summed E-state index contributed by atoms with van der Waals surface area (Å²) < 4.78 is 19.5. The van der Waals surface area contributed by atoms with Crippen molar-refractivity contribution >= 4 is 5.84 Å². The van der Waals surface area contributed by atoms with E-state index in [2.05, 4.69) is 4.90 Å². The fourth-order valence-electron chi connectivity index (χ4n) is 2.54. The van der Waals surface area contributed by atoms with Crippen molar-refractivity contribution in [3.05, 3.63) is 35.1 Å². The molecule has 5 nitrogen and oxygen atoms in total. The largest absolute Gasteiger partial charge is 0.394 e. The molecular weight excluding hydrogens is 273 g/mol. The number of aliphatic hydroxyl groups excluding tert-OH is 1. The van der Waals surface area contributed by atoms with E-state index in [9.17, 15) is 4.39 Å². The first kappa shape index (κ1) is 15.9. The van der Waals surface area contributed by atoms with Gasteiger partial charge in [-0.3, -0.25) is 10.3 Å². The van der Waals surface area contributed by atoms with Crippen molar-refractivity contribution in [2.24, 2.45) is 5.73 Å². The Bertz CT molecular complexity index is 488. The van der Waals surface area contributed by atoms with E-state index in [4.69, 9.17) is 21.0 Å². The Morgan fingerprint density at radius 1 is 1.43 bits per heavy atom. The fourth-order valence-corrected chi connectivity index (χ4v) is 2.54. The van der Waals surface area contributed by atoms with Crippen molar-refractivity contribution < 1.29 is 14.2 Å². The van der Waals surface area contributed by atoms with Crippen LogP contribution in [0.4, 0.5) is 4.39 Å². The third-order valence-electron chi connectivity index (χ3n) is 3.74. The van der Waals surface area contributed by atoms with Crippen LogP contribution in [0.25, 0.3) is 0 Å². The van der Waals surface area contributed by atoms with Gasteiger partial charge in [0.1, 0.15) is 11.7 Å². The summed E-state index contributed by atoms with van der Waals surface area (Å²) in [7, 11) is 0. The molecule has 0 atom stereocenters. The van der Waals surface area contributed by atoms with Crippen LogP contribution in [0.5, 0.6) is 0 Å². The molecule has 0 unspecified atom stereocenters. The Morgan fingerprint density at radius 2 is 2.14 bits per heavy atom. The zero-order valence-corrected chi connectivity index (χ0v) is 12.0. The lowest BCUT2D eigenvalue weighted by molar-refractivity contribution is -0.00914. The van der Waals surface area contributed by atoms with Gasteiger partial charge in [0.15, 0.2) is 0 Å². The summed E-state index contributed by atoms with van der Waals surface area (Å²) in [4.78, 5) is 2.19. The second-order valence-electron chi connectivity index (χ2n) is 5.29. The molecule has 0 spiro atoms. The second kappa shape index (κ2) is 7.49. The van der Waals surface area contributed by atoms with Gasteiger partial charge in [-0.2, -0.15) is 0 Å². The summed E-state index contributed by atoms with van der Waals surface area (Å²) in [5.41, 5.74) is 6.38. The molecule has 1 aromatic rings. The molecule has 4 N–H and O–H groups in total. The maximum Gasteiger partial charge on any atom is 0.128 e. The molecule has 0 radical (unpaired) electrons. The Kier molecular flexibility index (Phi) is 5.67. The molecule has 116 valence electrons. The molecule has 0 aliphatic carbocycles. The molecule has 1 aliphatic heterocycles. The predicted octanol–water partition coefficient (Wildman–Crippen LogP) is 1.08. The zero-order chi connectivity index (χ0) is 15.2. The van der Waals surface area contributed by atoms with Crippen molar-refractivity contribution in [3.8, 4) is 0 Å². The van der Waals surface area contributed by atoms with E-state index < -0.39 is 0 Å². The first-order valence-electron chi connectivity index (χ1n) is 7.18. The van der Waals surface area contributed by atoms with Crippen LogP contribution < -0.4 is 5.73 Å². The summed E-state index contributed by atoms with van der Waals surface area (Å²) >= 11 is 0. The van der Waals surface area contributed by atoms with Crippen LogP contribution in [-0.2, 0) is 11.3 Å². The highest BCUT2D eigenvalue weighted by Gasteiger charge is 2.20. The molecule has 1 aromatic carbocycles. The zero-order valence-electron chi connectivity index (χ0n) is 12.0. The van der Waals surface area contributed by atoms with Crippen molar-refractivity contribution in [1.29, 1.82) is 5.41 Å². The smallest absolute Gasteiger partial charge is 0.128 e. The van der Waals surface area contributed by atoms with Gasteiger partial charge in [-0.15, -0.1) is 0 Å². The average molecular weight is 295 g/mol. The minimum Gasteiger partial charge on any atom is -0.394 e. The van der Waals surface area contributed by atoms with Crippen LogP contribution in [0.1, 0.15) is 24.0 Å². The van der Waals surface area contributed by atoms with E-state index in [1.54, 1.807) is 12.1 Å². The van der Waals surface area contributed by atoms with Crippen LogP contribution in [0, 0.1) is 11.2 Å². The monoisotopic (exact) mass is 295 g/mol. The first-order chi connectivity index (χ1) is 10.1. The maximum atomic E-state index is 14.0. The van der Waals surface area contributed by atoms with Crippen molar-refractivity contribution in [1.82, 2.24) is 4.90 Å². The minimum absolute atomic E-state index is 0.0495. The van der Waals surface area contributed by atoms with E-state index in [1.807, 2.05) is 0 Å². The number of likely N-dealkylation sites (tertiary alicyclic amines) is 1. The highest BCUT2D eigenvalue weighted by atomic mass is 19.1. The molecule has 2 rings (SSSR count). The van der Waals surface area contributed by atoms with E-state index in [-0.39, 0.29) is 24.4 Å². The molecule has 0 bridgehead atoms. The summed E-state index contributed by atoms with van der Waals surface area (Å²) in [5.74, 6) is -0.441. The predicted molar refractivity (Wildman–Crippen MR) is 78.8 cm³/mol. The van der Waals surface area contributed by atoms with Gasteiger partial charge in [0, 0.05) is 30.8 Å². The highest BCUT2D eigenvalue weighted by Crippen LogP contribution is 2.18. The summed E-state index contributed by atoms with van der Waals surface area (Å²) in [6.45, 7) is 2.68. The van der Waals surface area contributed by atoms with Gasteiger partial charge < -0.3 is 15.6 Å². The third-order valence-corrected chi connectivity index (χ3v) is 3.74. The molecule has 6 heteroatoms. The maximum absolute atomic E-state index is 14.0. The van der Waals surface area contributed by atoms with Crippen molar-refractivity contribution in [2.75, 3.05) is 26.3 Å². The lowest BCUT2D eigenvalue weighted by Gasteiger charge is -2.31. The number of nitrogens with one attached hydrogen (secondary N) is 1. The molecule has 0 saturated carbocycles. The van der Waals surface area contributed by atoms with Gasteiger partial charge >= 0.3 is 0 Å². The Hall–Kier alpha value is -1.50. The van der Waals surface area contributed by atoms with Gasteiger partial charge in [-0.25, -0.2) is 4.39 Å². The third kappa shape index (κ3) is 4.49. The quantitative estimate of drug-likeness (QED) is 0.542. The van der Waals surface area contributed by atoms with Gasteiger partial charge in [0.2, 0.25) is 0 Å². The Labute approximate surface area is 124 Å². The lowest BCUT2D eigenvalue weighted by Crippen LogP contribution is -2.37. The number of benzene rings is 1. The highest BCUT2D eigenvalue weighted by molar-refractivity contribution is 5.94. The molecule has 1 saturated heterocycles. The molecule has 1 heterocycles. The Morgan fingerprint density at radius 3 is 2.71 bits per heavy atom. The van der Waals surface area contributed by atoms with Gasteiger partial charge in [-0.1, -0.05) is 12.1 Å². The van der Waals surface area contributed by atoms with Gasteiger partial charge in [0.05, 0.1) is 19.3 Å². The number of nitrogens with zero attached hydrogens (tertiary/aromatic N) is 1. The van der Waals surface area contributed by atoms with Crippen LogP contribution in [0.15, 0.2) is 18.2 Å². The molecule has 1 aliphatic rings. The molecule has 0 aromatic heterocycles. The van der Waals surface area contributed by atoms with E-state index >= 15 is 0 Å². The van der Waals surface area contributed by atoms with Crippen LogP contribution in [0.3, 0.4) is 0 Å². The normalized spacial score (nSPS) is 17.0. The number of aliphatic hydroxyl groups is 1. The summed E-state index contributed by atoms with van der Waals surface area (Å²) in [6.07, 6.45) is 1.98. The summed E-state index contributed by atoms with van der Waals surface area (Å²) in [6, 6.07) is 4.69. The number of nitrogens with two attached hydrogens (primary N) is 1. The topological polar surface area (TPSA) is 82.6 Å². The van der Waals surface area contributed by atoms with E-state index in [1.165, 1.54) is 6.07 Å². The number of piperidine rings is 1. The van der Waals surface area contributed by atoms with Crippen molar-refractivity contribution in [2.45, 2.75) is 25.5 Å². The first-order valence-corrected chi connectivity index (χ1v) is 7.18. The van der Waals surface area contributed by atoms with Crippen LogP contribution >= 0.6 is 0 Å². The number of halogens is 1. The van der Waals surface area contributed by atoms with Crippen molar-refractivity contribution in [3.63, 3.8) is 0 Å². The van der Waals surface area contributed by atoms with Crippen LogP contribution in [-0.4, -0.2) is 48.2 Å². The number of hydrogen-bond acceptors (Lipinski definition) is 4. The summed E-state index contributed by atoms with van der Waals surface area (Å²) in [5, 5.41) is 16.0.